The molecule has 6 N–H and O–H groups in total. The lowest BCUT2D eigenvalue weighted by atomic mass is 9.95. The number of aliphatic hydroxyl groups is 3. The van der Waals surface area contributed by atoms with E-state index in [1.165, 1.54) is 0 Å². The van der Waals surface area contributed by atoms with E-state index in [9.17, 15) is 24.9 Å². The molecule has 1 rings (SSSR count). The minimum absolute atomic E-state index is 0.0182. The number of thiol groups is 2. The van der Waals surface area contributed by atoms with Gasteiger partial charge in [0.1, 0.15) is 18.2 Å². The molecule has 1 fully saturated rings. The standard InChI is InChI=1S/C21H40N2O7S2/c22-14(13-31)21(28)29-10-8-6-4-2-1-3-5-7-9-23-17(25)11-15-20(32)19(27)18(26)16(12-24)30-15/h14-16,18-20,24,26-27,31-32H,1-13,22H2,(H,23,25)/t14-,15?,16+,18-,19-,20-/m0/s1. The summed E-state index contributed by atoms with van der Waals surface area (Å²) in [6.45, 7) is 0.534. The predicted molar refractivity (Wildman–Crippen MR) is 128 cm³/mol. The Morgan fingerprint density at radius 1 is 1.00 bits per heavy atom. The van der Waals surface area contributed by atoms with E-state index in [-0.39, 0.29) is 18.1 Å². The number of esters is 1. The number of ether oxygens (including phenoxy) is 2. The SMILES string of the molecule is N[C@@H](CS)C(=O)OCCCCCCCCCCNC(=O)CC1O[C@H](CO)[C@H](O)[C@H](O)[C@H]1S. The monoisotopic (exact) mass is 496 g/mol. The summed E-state index contributed by atoms with van der Waals surface area (Å²) in [5.74, 6) is -0.312. The van der Waals surface area contributed by atoms with Crippen LogP contribution in [-0.4, -0.2) is 88.4 Å². The van der Waals surface area contributed by atoms with Crippen LogP contribution < -0.4 is 11.1 Å². The molecular weight excluding hydrogens is 456 g/mol. The minimum Gasteiger partial charge on any atom is -0.465 e. The van der Waals surface area contributed by atoms with Gasteiger partial charge in [0.25, 0.3) is 0 Å². The third-order valence-corrected chi connectivity index (χ3v) is 6.55. The van der Waals surface area contributed by atoms with E-state index in [4.69, 9.17) is 15.2 Å². The molecule has 11 heteroatoms. The van der Waals surface area contributed by atoms with Crippen molar-refractivity contribution in [1.29, 1.82) is 0 Å². The predicted octanol–water partition coefficient (Wildman–Crippen LogP) is 0.194. The number of hydrogen-bond acceptors (Lipinski definition) is 10. The maximum absolute atomic E-state index is 12.1. The highest BCUT2D eigenvalue weighted by atomic mass is 32.1. The van der Waals surface area contributed by atoms with Crippen molar-refractivity contribution >= 4 is 37.1 Å². The van der Waals surface area contributed by atoms with Crippen LogP contribution in [0.1, 0.15) is 57.8 Å². The summed E-state index contributed by atoms with van der Waals surface area (Å²) in [6, 6.07) is -0.649. The maximum atomic E-state index is 12.1. The molecule has 6 atom stereocenters. The zero-order chi connectivity index (χ0) is 23.9. The van der Waals surface area contributed by atoms with Crippen LogP contribution in [0.25, 0.3) is 0 Å². The van der Waals surface area contributed by atoms with Gasteiger partial charge in [-0.05, 0) is 12.8 Å². The van der Waals surface area contributed by atoms with Crippen molar-refractivity contribution < 1.29 is 34.4 Å². The molecule has 0 aromatic rings. The fourth-order valence-corrected chi connectivity index (χ4v) is 3.97. The average molecular weight is 497 g/mol. The summed E-state index contributed by atoms with van der Waals surface area (Å²) >= 11 is 8.20. The summed E-state index contributed by atoms with van der Waals surface area (Å²) in [5, 5.41) is 31.2. The molecule has 1 aliphatic heterocycles. The first-order valence-corrected chi connectivity index (χ1v) is 12.6. The van der Waals surface area contributed by atoms with Gasteiger partial charge in [-0.1, -0.05) is 38.5 Å². The Balaban J connectivity index is 1.99. The lowest BCUT2D eigenvalue weighted by molar-refractivity contribution is -0.178. The Morgan fingerprint density at radius 3 is 2.19 bits per heavy atom. The van der Waals surface area contributed by atoms with E-state index >= 15 is 0 Å². The first-order chi connectivity index (χ1) is 15.3. The van der Waals surface area contributed by atoms with Crippen molar-refractivity contribution in [3.05, 3.63) is 0 Å². The van der Waals surface area contributed by atoms with E-state index in [1.54, 1.807) is 0 Å². The largest absolute Gasteiger partial charge is 0.465 e. The number of rotatable bonds is 16. The molecule has 0 aromatic carbocycles. The van der Waals surface area contributed by atoms with E-state index in [0.29, 0.717) is 13.2 Å². The van der Waals surface area contributed by atoms with Crippen LogP contribution in [-0.2, 0) is 19.1 Å². The normalized spacial score (nSPS) is 26.5. The highest BCUT2D eigenvalue weighted by molar-refractivity contribution is 7.81. The molecule has 0 bridgehead atoms. The Hall–Kier alpha value is -0.560. The van der Waals surface area contributed by atoms with Gasteiger partial charge in [0.2, 0.25) is 5.91 Å². The van der Waals surface area contributed by atoms with Crippen molar-refractivity contribution in [2.75, 3.05) is 25.5 Å². The van der Waals surface area contributed by atoms with Crippen LogP contribution in [0.4, 0.5) is 0 Å². The number of nitrogens with two attached hydrogens (primary N) is 1. The fourth-order valence-electron chi connectivity index (χ4n) is 3.47. The van der Waals surface area contributed by atoms with Crippen LogP contribution >= 0.6 is 25.3 Å². The van der Waals surface area contributed by atoms with Crippen molar-refractivity contribution in [2.45, 2.75) is 93.5 Å². The number of hydrogen-bond donors (Lipinski definition) is 7. The number of aliphatic hydroxyl groups excluding tert-OH is 3. The van der Waals surface area contributed by atoms with Crippen molar-refractivity contribution in [2.24, 2.45) is 5.73 Å². The zero-order valence-electron chi connectivity index (χ0n) is 18.6. The third kappa shape index (κ3) is 11.0. The molecule has 1 saturated heterocycles. The lowest BCUT2D eigenvalue weighted by Gasteiger charge is -2.40. The second-order valence-corrected chi connectivity index (χ2v) is 9.17. The molecule has 1 amide bonds. The summed E-state index contributed by atoms with van der Waals surface area (Å²) in [4.78, 5) is 23.5. The minimum atomic E-state index is -1.22. The first kappa shape index (κ1) is 29.5. The molecule has 1 aliphatic rings. The van der Waals surface area contributed by atoms with E-state index in [1.807, 2.05) is 0 Å². The van der Waals surface area contributed by atoms with Crippen LogP contribution in [0.3, 0.4) is 0 Å². The van der Waals surface area contributed by atoms with Crippen LogP contribution in [0, 0.1) is 0 Å². The molecule has 1 unspecified atom stereocenters. The smallest absolute Gasteiger partial charge is 0.323 e. The second kappa shape index (κ2) is 17.0. The Kier molecular flexibility index (Phi) is 15.6. The average Bonchev–Trinajstić information content (AvgIpc) is 2.79. The first-order valence-electron chi connectivity index (χ1n) is 11.4. The molecule has 32 heavy (non-hydrogen) atoms. The quantitative estimate of drug-likeness (QED) is 0.0909. The van der Waals surface area contributed by atoms with Crippen molar-refractivity contribution in [3.63, 3.8) is 0 Å². The molecular formula is C21H40N2O7S2. The number of unbranched alkanes of at least 4 members (excludes halogenated alkanes) is 7. The lowest BCUT2D eigenvalue weighted by Crippen LogP contribution is -2.57. The van der Waals surface area contributed by atoms with Gasteiger partial charge in [0.05, 0.1) is 37.1 Å². The summed E-state index contributed by atoms with van der Waals surface area (Å²) < 4.78 is 10.6. The number of amides is 1. The molecule has 0 aromatic heterocycles. The molecule has 9 nitrogen and oxygen atoms in total. The van der Waals surface area contributed by atoms with Gasteiger partial charge >= 0.3 is 5.97 Å². The Labute approximate surface area is 201 Å². The Morgan fingerprint density at radius 2 is 1.59 bits per heavy atom. The van der Waals surface area contributed by atoms with Gasteiger partial charge < -0.3 is 35.8 Å². The molecule has 1 heterocycles. The van der Waals surface area contributed by atoms with Gasteiger partial charge in [0.15, 0.2) is 0 Å². The molecule has 0 saturated carbocycles. The van der Waals surface area contributed by atoms with Gasteiger partial charge in [-0.2, -0.15) is 25.3 Å². The molecule has 0 aliphatic carbocycles. The third-order valence-electron chi connectivity index (χ3n) is 5.51. The Bertz CT molecular complexity index is 542. The number of nitrogens with one attached hydrogen (secondary N) is 1. The van der Waals surface area contributed by atoms with E-state index in [0.717, 1.165) is 51.4 Å². The molecule has 188 valence electrons. The summed E-state index contributed by atoms with van der Waals surface area (Å²) in [7, 11) is 0. The van der Waals surface area contributed by atoms with Gasteiger partial charge in [-0.3, -0.25) is 9.59 Å². The molecule has 0 radical (unpaired) electrons. The zero-order valence-corrected chi connectivity index (χ0v) is 20.4. The highest BCUT2D eigenvalue weighted by Gasteiger charge is 2.43. The fraction of sp³-hybridized carbons (Fsp3) is 0.905. The highest BCUT2D eigenvalue weighted by Crippen LogP contribution is 2.26. The van der Waals surface area contributed by atoms with Gasteiger partial charge in [-0.15, -0.1) is 0 Å². The van der Waals surface area contributed by atoms with E-state index in [2.05, 4.69) is 30.6 Å². The van der Waals surface area contributed by atoms with Crippen LogP contribution in [0.5, 0.6) is 0 Å². The summed E-state index contributed by atoms with van der Waals surface area (Å²) in [5.41, 5.74) is 5.52. The van der Waals surface area contributed by atoms with Crippen LogP contribution in [0.2, 0.25) is 0 Å². The van der Waals surface area contributed by atoms with Gasteiger partial charge in [-0.25, -0.2) is 0 Å². The number of carbonyl (C=O) groups is 2. The maximum Gasteiger partial charge on any atom is 0.323 e. The van der Waals surface area contributed by atoms with Crippen molar-refractivity contribution in [3.8, 4) is 0 Å². The van der Waals surface area contributed by atoms with Gasteiger partial charge in [0, 0.05) is 12.3 Å². The topological polar surface area (TPSA) is 151 Å². The van der Waals surface area contributed by atoms with Crippen LogP contribution in [0.15, 0.2) is 0 Å². The number of carbonyl (C=O) groups excluding carboxylic acids is 2. The molecule has 0 spiro atoms. The van der Waals surface area contributed by atoms with E-state index < -0.39 is 48.3 Å². The van der Waals surface area contributed by atoms with Crippen molar-refractivity contribution in [1.82, 2.24) is 5.32 Å². The summed E-state index contributed by atoms with van der Waals surface area (Å²) in [6.07, 6.45) is 4.23. The second-order valence-electron chi connectivity index (χ2n) is 8.21.